The second kappa shape index (κ2) is 7.33. The molecule has 1 heterocycles. The molecule has 0 aliphatic carbocycles. The summed E-state index contributed by atoms with van der Waals surface area (Å²) in [5.41, 5.74) is 1.66. The van der Waals surface area contributed by atoms with Crippen LogP contribution in [0.3, 0.4) is 0 Å². The first kappa shape index (κ1) is 17.6. The SMILES string of the molecule is C/C(=N\c1sc2ccccc2[n+]1CC(=O)c1ccc(Cl)cc1)N(C)C. The zero-order valence-corrected chi connectivity index (χ0v) is 15.9. The monoisotopic (exact) mass is 372 g/mol. The first-order valence-corrected chi connectivity index (χ1v) is 9.08. The van der Waals surface area contributed by atoms with Gasteiger partial charge < -0.3 is 4.90 Å². The van der Waals surface area contributed by atoms with Gasteiger partial charge in [0.25, 0.3) is 0 Å². The van der Waals surface area contributed by atoms with Gasteiger partial charge in [0, 0.05) is 31.6 Å². The number of aromatic nitrogens is 1. The predicted molar refractivity (Wildman–Crippen MR) is 104 cm³/mol. The standard InChI is InChI=1S/C19H19ClN3OS/c1-13(22(2)3)21-19-23(16-6-4-5-7-18(16)25-19)12-17(24)14-8-10-15(20)11-9-14/h4-11H,12H2,1-3H3/q+1. The molecule has 0 unspecified atom stereocenters. The molecule has 0 fully saturated rings. The maximum Gasteiger partial charge on any atom is 0.385 e. The number of aliphatic imine (C=N–C) groups is 1. The smallest absolute Gasteiger partial charge is 0.346 e. The van der Waals surface area contributed by atoms with Crippen molar-refractivity contribution in [2.45, 2.75) is 13.5 Å². The maximum absolute atomic E-state index is 12.7. The molecule has 6 heteroatoms. The van der Waals surface area contributed by atoms with E-state index in [9.17, 15) is 4.79 Å². The number of nitrogens with zero attached hydrogens (tertiary/aromatic N) is 3. The Morgan fingerprint density at radius 1 is 1.16 bits per heavy atom. The molecule has 0 radical (unpaired) electrons. The van der Waals surface area contributed by atoms with Crippen LogP contribution in [0.1, 0.15) is 17.3 Å². The minimum absolute atomic E-state index is 0.0316. The molecule has 0 atom stereocenters. The Morgan fingerprint density at radius 3 is 2.52 bits per heavy atom. The lowest BCUT2D eigenvalue weighted by Gasteiger charge is -2.05. The molecule has 0 bridgehead atoms. The van der Waals surface area contributed by atoms with Gasteiger partial charge in [-0.1, -0.05) is 23.7 Å². The highest BCUT2D eigenvalue weighted by Crippen LogP contribution is 2.26. The van der Waals surface area contributed by atoms with Gasteiger partial charge in [0.1, 0.15) is 5.52 Å². The average Bonchev–Trinajstić information content (AvgIpc) is 2.92. The van der Waals surface area contributed by atoms with E-state index in [0.29, 0.717) is 10.6 Å². The van der Waals surface area contributed by atoms with E-state index in [0.717, 1.165) is 21.2 Å². The number of carbonyl (C=O) groups is 1. The van der Waals surface area contributed by atoms with Crippen molar-refractivity contribution in [3.8, 4) is 0 Å². The van der Waals surface area contributed by atoms with E-state index in [2.05, 4.69) is 0 Å². The van der Waals surface area contributed by atoms with Gasteiger partial charge in [-0.2, -0.15) is 0 Å². The van der Waals surface area contributed by atoms with Crippen molar-refractivity contribution in [3.05, 3.63) is 59.1 Å². The number of hydrogen-bond acceptors (Lipinski definition) is 3. The summed E-state index contributed by atoms with van der Waals surface area (Å²) in [7, 11) is 3.91. The molecule has 3 aromatic rings. The van der Waals surface area contributed by atoms with Crippen LogP contribution in [0.15, 0.2) is 53.5 Å². The van der Waals surface area contributed by atoms with Crippen LogP contribution in [0.25, 0.3) is 10.2 Å². The minimum Gasteiger partial charge on any atom is -0.346 e. The lowest BCUT2D eigenvalue weighted by molar-refractivity contribution is -0.640. The van der Waals surface area contributed by atoms with E-state index in [1.165, 1.54) is 0 Å². The van der Waals surface area contributed by atoms with Crippen molar-refractivity contribution in [2.24, 2.45) is 4.99 Å². The lowest BCUT2D eigenvalue weighted by Crippen LogP contribution is -2.37. The zero-order chi connectivity index (χ0) is 18.0. The van der Waals surface area contributed by atoms with Crippen LogP contribution in [-0.2, 0) is 6.54 Å². The van der Waals surface area contributed by atoms with Crippen LogP contribution in [0.4, 0.5) is 5.13 Å². The summed E-state index contributed by atoms with van der Waals surface area (Å²) < 4.78 is 3.08. The number of thiazole rings is 1. The van der Waals surface area contributed by atoms with Crippen LogP contribution in [0.2, 0.25) is 5.02 Å². The summed E-state index contributed by atoms with van der Waals surface area (Å²) in [6.07, 6.45) is 0. The number of rotatable bonds is 4. The number of ketones is 1. The minimum atomic E-state index is 0.0316. The second-order valence-electron chi connectivity index (χ2n) is 5.92. The summed E-state index contributed by atoms with van der Waals surface area (Å²) in [6, 6.07) is 15.0. The highest BCUT2D eigenvalue weighted by Gasteiger charge is 2.22. The van der Waals surface area contributed by atoms with Gasteiger partial charge >= 0.3 is 5.13 Å². The van der Waals surface area contributed by atoms with E-state index < -0.39 is 0 Å². The van der Waals surface area contributed by atoms with Gasteiger partial charge in [0.15, 0.2) is 6.54 Å². The van der Waals surface area contributed by atoms with Crippen LogP contribution in [0.5, 0.6) is 0 Å². The summed E-state index contributed by atoms with van der Waals surface area (Å²) >= 11 is 7.50. The van der Waals surface area contributed by atoms with Gasteiger partial charge in [-0.3, -0.25) is 4.79 Å². The summed E-state index contributed by atoms with van der Waals surface area (Å²) in [6.45, 7) is 2.20. The predicted octanol–water partition coefficient (Wildman–Crippen LogP) is 4.34. The Kier molecular flexibility index (Phi) is 5.16. The first-order chi connectivity index (χ1) is 12.0. The first-order valence-electron chi connectivity index (χ1n) is 7.88. The van der Waals surface area contributed by atoms with Crippen molar-refractivity contribution in [1.82, 2.24) is 4.90 Å². The van der Waals surface area contributed by atoms with Crippen molar-refractivity contribution in [2.75, 3.05) is 14.1 Å². The third-order valence-electron chi connectivity index (χ3n) is 3.96. The zero-order valence-electron chi connectivity index (χ0n) is 14.4. The number of hydrogen-bond donors (Lipinski definition) is 0. The van der Waals surface area contributed by atoms with Crippen LogP contribution < -0.4 is 4.57 Å². The number of fused-ring (bicyclic) bond motifs is 1. The summed E-state index contributed by atoms with van der Waals surface area (Å²) in [5, 5.41) is 1.44. The normalized spacial score (nSPS) is 11.8. The molecule has 0 amide bonds. The maximum atomic E-state index is 12.7. The molecular weight excluding hydrogens is 354 g/mol. The van der Waals surface area contributed by atoms with E-state index in [4.69, 9.17) is 16.6 Å². The topological polar surface area (TPSA) is 36.6 Å². The quantitative estimate of drug-likeness (QED) is 0.295. The van der Waals surface area contributed by atoms with Gasteiger partial charge in [0.05, 0.1) is 4.70 Å². The van der Waals surface area contributed by atoms with E-state index in [1.807, 2.05) is 54.8 Å². The van der Waals surface area contributed by atoms with Crippen molar-refractivity contribution < 1.29 is 9.36 Å². The van der Waals surface area contributed by atoms with Crippen molar-refractivity contribution in [3.63, 3.8) is 0 Å². The fourth-order valence-corrected chi connectivity index (χ4v) is 3.57. The second-order valence-corrected chi connectivity index (χ2v) is 7.37. The number of carbonyl (C=O) groups excluding carboxylic acids is 1. The number of para-hydroxylation sites is 1. The highest BCUT2D eigenvalue weighted by atomic mass is 35.5. The van der Waals surface area contributed by atoms with Crippen LogP contribution in [-0.4, -0.2) is 30.6 Å². The van der Waals surface area contributed by atoms with Gasteiger partial charge in [-0.05, 0) is 52.7 Å². The molecule has 25 heavy (non-hydrogen) atoms. The molecule has 0 aliphatic heterocycles. The number of Topliss-reactive ketones (excluding diaryl/α,β-unsaturated/α-hetero) is 1. The fourth-order valence-electron chi connectivity index (χ4n) is 2.37. The molecular formula is C19H19ClN3OS+. The summed E-state index contributed by atoms with van der Waals surface area (Å²) in [5.74, 6) is 0.920. The van der Waals surface area contributed by atoms with Crippen LogP contribution >= 0.6 is 22.9 Å². The largest absolute Gasteiger partial charge is 0.385 e. The molecule has 3 rings (SSSR count). The van der Waals surface area contributed by atoms with Gasteiger partial charge in [0.2, 0.25) is 11.6 Å². The Labute approximate surface area is 156 Å². The summed E-state index contributed by atoms with van der Waals surface area (Å²) in [4.78, 5) is 19.4. The molecule has 0 saturated carbocycles. The number of amidine groups is 1. The van der Waals surface area contributed by atoms with E-state index in [1.54, 1.807) is 35.6 Å². The Morgan fingerprint density at radius 2 is 1.84 bits per heavy atom. The number of halogens is 1. The molecule has 0 saturated heterocycles. The van der Waals surface area contributed by atoms with Gasteiger partial charge in [-0.15, -0.1) is 0 Å². The Bertz CT molecular complexity index is 945. The molecule has 128 valence electrons. The molecule has 0 aliphatic rings. The molecule has 0 spiro atoms. The van der Waals surface area contributed by atoms with E-state index >= 15 is 0 Å². The van der Waals surface area contributed by atoms with E-state index in [-0.39, 0.29) is 12.3 Å². The van der Waals surface area contributed by atoms with Crippen molar-refractivity contribution >= 4 is 49.9 Å². The van der Waals surface area contributed by atoms with Crippen LogP contribution in [0, 0.1) is 0 Å². The molecule has 2 aromatic carbocycles. The van der Waals surface area contributed by atoms with Crippen molar-refractivity contribution in [1.29, 1.82) is 0 Å². The average molecular weight is 373 g/mol. The fraction of sp³-hybridized carbons (Fsp3) is 0.211. The third kappa shape index (κ3) is 3.89. The van der Waals surface area contributed by atoms with Gasteiger partial charge in [-0.25, -0.2) is 4.57 Å². The third-order valence-corrected chi connectivity index (χ3v) is 5.27. The molecule has 0 N–H and O–H groups in total. The molecule has 4 nitrogen and oxygen atoms in total. The Balaban J connectivity index is 2.03. The lowest BCUT2D eigenvalue weighted by atomic mass is 10.1. The number of benzene rings is 2. The Hall–Kier alpha value is -2.24. The highest BCUT2D eigenvalue weighted by molar-refractivity contribution is 7.21. The molecule has 1 aromatic heterocycles.